The molecule has 1 fully saturated rings. The summed E-state index contributed by atoms with van der Waals surface area (Å²) in [5, 5.41) is 2.78. The average molecular weight is 617 g/mol. The molecular weight excluding hydrogens is 584 g/mol. The van der Waals surface area contributed by atoms with Crippen LogP contribution in [0.3, 0.4) is 0 Å². The number of benzene rings is 2. The van der Waals surface area contributed by atoms with Gasteiger partial charge < -0.3 is 25.4 Å². The number of nitrogens with two attached hydrogens (primary N) is 1. The van der Waals surface area contributed by atoms with Gasteiger partial charge in [0.2, 0.25) is 0 Å². The highest BCUT2D eigenvalue weighted by molar-refractivity contribution is 7.92. The first kappa shape index (κ1) is 30.4. The number of amides is 2. The van der Waals surface area contributed by atoms with Gasteiger partial charge in [-0.2, -0.15) is 0 Å². The number of aromatic nitrogens is 3. The second-order valence-corrected chi connectivity index (χ2v) is 11.3. The van der Waals surface area contributed by atoms with E-state index in [0.29, 0.717) is 66.5 Å². The van der Waals surface area contributed by atoms with Crippen molar-refractivity contribution < 1.29 is 22.7 Å². The first-order valence-electron chi connectivity index (χ1n) is 13.8. The van der Waals surface area contributed by atoms with Crippen LogP contribution in [0, 0.1) is 0 Å². The Kier molecular flexibility index (Phi) is 9.31. The summed E-state index contributed by atoms with van der Waals surface area (Å²) in [6.07, 6.45) is 7.68. The lowest BCUT2D eigenvalue weighted by atomic mass is 10.1. The Labute approximate surface area is 254 Å². The molecule has 0 unspecified atom stereocenters. The molecule has 0 spiro atoms. The minimum atomic E-state index is -4.07. The molecule has 0 aliphatic carbocycles. The molecule has 14 heteroatoms. The summed E-state index contributed by atoms with van der Waals surface area (Å²) < 4.78 is 40.4. The molecule has 2 amide bonds. The van der Waals surface area contributed by atoms with Crippen LogP contribution in [0.5, 0.6) is 5.75 Å². The summed E-state index contributed by atoms with van der Waals surface area (Å²) in [4.78, 5) is 31.8. The predicted octanol–water partition coefficient (Wildman–Crippen LogP) is 3.76. The molecule has 13 nitrogen and oxygen atoms in total. The highest BCUT2D eigenvalue weighted by Crippen LogP contribution is 2.30. The molecule has 0 radical (unpaired) electrons. The van der Waals surface area contributed by atoms with E-state index in [4.69, 9.17) is 15.2 Å². The zero-order valence-corrected chi connectivity index (χ0v) is 25.0. The lowest BCUT2D eigenvalue weighted by Gasteiger charge is -2.27. The van der Waals surface area contributed by atoms with Gasteiger partial charge in [0.05, 0.1) is 65.2 Å². The number of aliphatic imine (C=N–C) groups is 1. The molecule has 3 heterocycles. The van der Waals surface area contributed by atoms with E-state index >= 15 is 0 Å². The normalized spacial score (nSPS) is 14.1. The number of sulfonamides is 1. The molecule has 4 N–H and O–H groups in total. The summed E-state index contributed by atoms with van der Waals surface area (Å²) in [5.74, 6) is 0.357. The Morgan fingerprint density at radius 2 is 1.91 bits per heavy atom. The lowest BCUT2D eigenvalue weighted by molar-refractivity contribution is 0.0564. The Bertz CT molecular complexity index is 1840. The molecule has 44 heavy (non-hydrogen) atoms. The van der Waals surface area contributed by atoms with Crippen molar-refractivity contribution in [2.45, 2.75) is 11.8 Å². The number of nitrogens with zero attached hydrogens (tertiary/aromatic N) is 5. The number of fused-ring (bicyclic) bond motifs is 1. The number of hydrogen-bond donors (Lipinski definition) is 3. The molecule has 2 aromatic heterocycles. The first-order chi connectivity index (χ1) is 21.3. The third-order valence-electron chi connectivity index (χ3n) is 6.71. The van der Waals surface area contributed by atoms with Crippen LogP contribution in [-0.2, 0) is 14.8 Å². The van der Waals surface area contributed by atoms with E-state index < -0.39 is 10.0 Å². The molecule has 1 aliphatic rings. The summed E-state index contributed by atoms with van der Waals surface area (Å²) >= 11 is 0. The monoisotopic (exact) mass is 616 g/mol. The van der Waals surface area contributed by atoms with Crippen LogP contribution in [0.4, 0.5) is 16.2 Å². The zero-order valence-electron chi connectivity index (χ0n) is 24.2. The van der Waals surface area contributed by atoms with E-state index in [1.165, 1.54) is 30.6 Å². The summed E-state index contributed by atoms with van der Waals surface area (Å²) in [5.41, 5.74) is 10.1. The Morgan fingerprint density at radius 1 is 1.09 bits per heavy atom. The van der Waals surface area contributed by atoms with Gasteiger partial charge in [0.25, 0.3) is 10.0 Å². The van der Waals surface area contributed by atoms with Crippen molar-refractivity contribution in [1.29, 1.82) is 0 Å². The second kappa shape index (κ2) is 13.5. The molecule has 1 aliphatic heterocycles. The van der Waals surface area contributed by atoms with E-state index in [9.17, 15) is 13.2 Å². The van der Waals surface area contributed by atoms with Gasteiger partial charge in [0, 0.05) is 49.9 Å². The Morgan fingerprint density at radius 3 is 2.66 bits per heavy atom. The third-order valence-corrected chi connectivity index (χ3v) is 8.09. The van der Waals surface area contributed by atoms with E-state index in [1.54, 1.807) is 43.5 Å². The first-order valence-corrected chi connectivity index (χ1v) is 15.3. The number of allylic oxidation sites excluding steroid dienone is 1. The van der Waals surface area contributed by atoms with Gasteiger partial charge in [-0.05, 0) is 48.9 Å². The maximum Gasteiger partial charge on any atom is 0.322 e. The number of morpholine rings is 1. The van der Waals surface area contributed by atoms with Gasteiger partial charge in [-0.15, -0.1) is 0 Å². The number of urea groups is 1. The van der Waals surface area contributed by atoms with Crippen LogP contribution < -0.4 is 20.5 Å². The van der Waals surface area contributed by atoms with Crippen molar-refractivity contribution in [3.05, 3.63) is 72.9 Å². The highest BCUT2D eigenvalue weighted by atomic mass is 32.2. The molecule has 0 bridgehead atoms. The van der Waals surface area contributed by atoms with Crippen molar-refractivity contribution in [1.82, 2.24) is 19.9 Å². The molecular formula is C30H32N8O5S. The van der Waals surface area contributed by atoms with E-state index in [1.807, 2.05) is 18.2 Å². The van der Waals surface area contributed by atoms with Crippen LogP contribution in [0.15, 0.2) is 77.1 Å². The minimum absolute atomic E-state index is 0.0588. The van der Waals surface area contributed by atoms with Crippen LogP contribution in [0.25, 0.3) is 27.7 Å². The number of ether oxygens (including phenoxy) is 2. The van der Waals surface area contributed by atoms with Crippen molar-refractivity contribution in [2.24, 2.45) is 10.7 Å². The molecule has 0 saturated carbocycles. The average Bonchev–Trinajstić information content (AvgIpc) is 3.04. The topological polar surface area (TPSA) is 174 Å². The number of carbonyl (C=O) groups excluding carboxylic acids is 1. The Balaban J connectivity index is 1.40. The van der Waals surface area contributed by atoms with Crippen molar-refractivity contribution >= 4 is 50.3 Å². The van der Waals surface area contributed by atoms with Crippen molar-refractivity contribution in [2.75, 3.05) is 50.0 Å². The fraction of sp³-hybridized carbons (Fsp3) is 0.233. The van der Waals surface area contributed by atoms with Gasteiger partial charge in [-0.3, -0.25) is 19.7 Å². The molecule has 4 aromatic rings. The van der Waals surface area contributed by atoms with E-state index in [2.05, 4.69) is 30.0 Å². The fourth-order valence-electron chi connectivity index (χ4n) is 4.55. The van der Waals surface area contributed by atoms with Gasteiger partial charge >= 0.3 is 6.03 Å². The van der Waals surface area contributed by atoms with Crippen molar-refractivity contribution in [3.63, 3.8) is 0 Å². The lowest BCUT2D eigenvalue weighted by Crippen LogP contribution is -2.43. The fourth-order valence-corrected chi connectivity index (χ4v) is 5.61. The molecule has 0 atom stereocenters. The Hall–Kier alpha value is -5.08. The van der Waals surface area contributed by atoms with Crippen molar-refractivity contribution in [3.8, 4) is 16.9 Å². The van der Waals surface area contributed by atoms with E-state index in [-0.39, 0.29) is 22.3 Å². The minimum Gasteiger partial charge on any atom is -0.492 e. The highest BCUT2D eigenvalue weighted by Gasteiger charge is 2.22. The van der Waals surface area contributed by atoms with Crippen LogP contribution in [0.2, 0.25) is 0 Å². The quantitative estimate of drug-likeness (QED) is 0.237. The summed E-state index contributed by atoms with van der Waals surface area (Å²) in [6.45, 7) is 3.88. The predicted molar refractivity (Wildman–Crippen MR) is 169 cm³/mol. The number of nitrogens with one attached hydrogen (secondary N) is 2. The van der Waals surface area contributed by atoms with Crippen LogP contribution in [-0.4, -0.2) is 80.5 Å². The number of hydrogen-bond acceptors (Lipinski definition) is 10. The van der Waals surface area contributed by atoms with Gasteiger partial charge in [0.15, 0.2) is 0 Å². The second-order valence-electron chi connectivity index (χ2n) is 9.66. The maximum atomic E-state index is 13.5. The molecule has 5 rings (SSSR count). The number of pyridine rings is 1. The summed E-state index contributed by atoms with van der Waals surface area (Å²) in [7, 11) is -2.43. The number of rotatable bonds is 9. The largest absolute Gasteiger partial charge is 0.492 e. The molecule has 2 aromatic carbocycles. The SMILES string of the molecule is CCOc1ccc(S(=O)(=O)Nc2cncc(-c3ccc4ncc(C(C=NC)=CN)nc4c3)c2)cc1NC(=O)N1CCOCC1. The van der Waals surface area contributed by atoms with Crippen LogP contribution in [0.1, 0.15) is 12.6 Å². The maximum absolute atomic E-state index is 13.5. The summed E-state index contributed by atoms with van der Waals surface area (Å²) in [6, 6.07) is 11.1. The third kappa shape index (κ3) is 6.93. The smallest absolute Gasteiger partial charge is 0.322 e. The van der Waals surface area contributed by atoms with Crippen LogP contribution >= 0.6 is 0 Å². The number of carbonyl (C=O) groups is 1. The van der Waals surface area contributed by atoms with Gasteiger partial charge in [-0.1, -0.05) is 6.07 Å². The standard InChI is InChI=1S/C30H32N8O5S/c1-3-43-29-7-5-24(14-27(29)36-30(39)38-8-10-42-11-9-38)44(40,41)37-23-12-21(17-33-18-23)20-4-6-25-26(13-20)35-28(19-34-25)22(15-31)16-32-2/h4-7,12-19,37H,3,8-11,31H2,1-2H3,(H,36,39). The van der Waals surface area contributed by atoms with Gasteiger partial charge in [-0.25, -0.2) is 18.2 Å². The molecule has 1 saturated heterocycles. The zero-order chi connectivity index (χ0) is 31.1. The van der Waals surface area contributed by atoms with Gasteiger partial charge in [0.1, 0.15) is 5.75 Å². The molecule has 228 valence electrons. The number of anilines is 2. The van der Waals surface area contributed by atoms with E-state index in [0.717, 1.165) is 5.56 Å².